The van der Waals surface area contributed by atoms with Crippen molar-refractivity contribution in [1.29, 1.82) is 0 Å². The number of carboxylic acid groups (broad SMARTS) is 1. The minimum atomic E-state index is -1.03. The van der Waals surface area contributed by atoms with Crippen LogP contribution in [0.4, 0.5) is 5.69 Å². The number of carboxylic acids is 1. The molecule has 2 N–H and O–H groups in total. The van der Waals surface area contributed by atoms with Gasteiger partial charge < -0.3 is 10.4 Å². The largest absolute Gasteiger partial charge is 0.478 e. The van der Waals surface area contributed by atoms with Gasteiger partial charge in [-0.1, -0.05) is 23.8 Å². The molecule has 0 heterocycles. The van der Waals surface area contributed by atoms with Crippen LogP contribution < -0.4 is 5.32 Å². The number of carbonyl (C=O) groups is 2. The van der Waals surface area contributed by atoms with Crippen LogP contribution in [0, 0.1) is 12.8 Å². The van der Waals surface area contributed by atoms with E-state index in [9.17, 15) is 9.59 Å². The first-order valence-corrected chi connectivity index (χ1v) is 6.37. The average molecular weight is 259 g/mol. The van der Waals surface area contributed by atoms with E-state index in [4.69, 9.17) is 5.11 Å². The van der Waals surface area contributed by atoms with E-state index in [2.05, 4.69) is 11.4 Å². The molecular formula is C15H17NO3. The zero-order chi connectivity index (χ0) is 13.8. The number of benzene rings is 1. The minimum absolute atomic E-state index is 0.0621. The number of carbonyl (C=O) groups excluding carboxylic acids is 1. The van der Waals surface area contributed by atoms with E-state index in [0.717, 1.165) is 24.8 Å². The van der Waals surface area contributed by atoms with Crippen molar-refractivity contribution in [3.63, 3.8) is 0 Å². The van der Waals surface area contributed by atoms with Gasteiger partial charge in [-0.15, -0.1) is 0 Å². The second-order valence-corrected chi connectivity index (χ2v) is 4.82. The van der Waals surface area contributed by atoms with E-state index in [0.29, 0.717) is 5.69 Å². The first-order valence-electron chi connectivity index (χ1n) is 6.37. The topological polar surface area (TPSA) is 66.4 Å². The summed E-state index contributed by atoms with van der Waals surface area (Å²) >= 11 is 0. The van der Waals surface area contributed by atoms with Crippen molar-refractivity contribution in [2.45, 2.75) is 26.2 Å². The lowest BCUT2D eigenvalue weighted by Gasteiger charge is -2.18. The van der Waals surface area contributed by atoms with Crippen LogP contribution in [0.3, 0.4) is 0 Å². The molecule has 0 saturated heterocycles. The van der Waals surface area contributed by atoms with E-state index < -0.39 is 5.97 Å². The molecule has 0 spiro atoms. The third kappa shape index (κ3) is 3.22. The Labute approximate surface area is 112 Å². The number of nitrogens with one attached hydrogen (secondary N) is 1. The number of hydrogen-bond donors (Lipinski definition) is 2. The average Bonchev–Trinajstić information content (AvgIpc) is 2.41. The van der Waals surface area contributed by atoms with Crippen molar-refractivity contribution >= 4 is 17.6 Å². The number of anilines is 1. The normalized spacial score (nSPS) is 18.1. The molecule has 0 radical (unpaired) electrons. The summed E-state index contributed by atoms with van der Waals surface area (Å²) in [7, 11) is 0. The van der Waals surface area contributed by atoms with Crippen molar-refractivity contribution < 1.29 is 14.7 Å². The highest BCUT2D eigenvalue weighted by molar-refractivity contribution is 6.01. The molecule has 0 bridgehead atoms. The van der Waals surface area contributed by atoms with Crippen LogP contribution in [0.5, 0.6) is 0 Å². The molecule has 0 aliphatic heterocycles. The predicted octanol–water partition coefficient (Wildman–Crippen LogP) is 2.99. The molecule has 4 heteroatoms. The van der Waals surface area contributed by atoms with Gasteiger partial charge in [-0.2, -0.15) is 0 Å². The Morgan fingerprint density at radius 3 is 2.74 bits per heavy atom. The Bertz CT molecular complexity index is 534. The molecule has 1 atom stereocenters. The maximum absolute atomic E-state index is 12.1. The smallest absolute Gasteiger partial charge is 0.337 e. The molecule has 2 rings (SSSR count). The quantitative estimate of drug-likeness (QED) is 0.820. The van der Waals surface area contributed by atoms with Gasteiger partial charge in [0, 0.05) is 5.92 Å². The van der Waals surface area contributed by atoms with Gasteiger partial charge in [0.25, 0.3) is 0 Å². The molecule has 1 aliphatic rings. The van der Waals surface area contributed by atoms with E-state index in [-0.39, 0.29) is 17.4 Å². The first kappa shape index (κ1) is 13.3. The van der Waals surface area contributed by atoms with Gasteiger partial charge in [0.1, 0.15) is 0 Å². The van der Waals surface area contributed by atoms with Crippen LogP contribution in [-0.2, 0) is 4.79 Å². The maximum Gasteiger partial charge on any atom is 0.337 e. The molecule has 1 aromatic carbocycles. The summed E-state index contributed by atoms with van der Waals surface area (Å²) < 4.78 is 0. The van der Waals surface area contributed by atoms with E-state index >= 15 is 0 Å². The summed E-state index contributed by atoms with van der Waals surface area (Å²) in [4.78, 5) is 23.3. The highest BCUT2D eigenvalue weighted by Crippen LogP contribution is 2.22. The fourth-order valence-electron chi connectivity index (χ4n) is 2.21. The van der Waals surface area contributed by atoms with E-state index in [1.165, 1.54) is 0 Å². The Hall–Kier alpha value is -2.10. The molecule has 4 nitrogen and oxygen atoms in total. The van der Waals surface area contributed by atoms with Gasteiger partial charge >= 0.3 is 5.97 Å². The Kier molecular flexibility index (Phi) is 4.00. The minimum Gasteiger partial charge on any atom is -0.478 e. The summed E-state index contributed by atoms with van der Waals surface area (Å²) in [5.41, 5.74) is 1.37. The molecule has 100 valence electrons. The van der Waals surface area contributed by atoms with E-state index in [1.54, 1.807) is 18.2 Å². The van der Waals surface area contributed by atoms with Crippen LogP contribution in [0.25, 0.3) is 0 Å². The van der Waals surface area contributed by atoms with E-state index in [1.807, 2.05) is 13.0 Å². The van der Waals surface area contributed by atoms with Crippen LogP contribution in [-0.4, -0.2) is 17.0 Å². The molecule has 1 unspecified atom stereocenters. The number of aromatic carboxylic acids is 1. The third-order valence-electron chi connectivity index (χ3n) is 3.30. The van der Waals surface area contributed by atoms with Gasteiger partial charge in [0.2, 0.25) is 5.91 Å². The standard InChI is InChI=1S/C15H17NO3/c1-10-7-8-13(12(9-10)15(18)19)16-14(17)11-5-3-2-4-6-11/h2-3,7-9,11H,4-6H2,1H3,(H,16,17)(H,18,19). The van der Waals surface area contributed by atoms with Crippen LogP contribution in [0.2, 0.25) is 0 Å². The van der Waals surface area contributed by atoms with Gasteiger partial charge in [0.15, 0.2) is 0 Å². The number of amides is 1. The van der Waals surface area contributed by atoms with Crippen molar-refractivity contribution in [3.05, 3.63) is 41.5 Å². The molecule has 19 heavy (non-hydrogen) atoms. The number of rotatable bonds is 3. The lowest BCUT2D eigenvalue weighted by molar-refractivity contribution is -0.120. The lowest BCUT2D eigenvalue weighted by atomic mass is 9.93. The highest BCUT2D eigenvalue weighted by atomic mass is 16.4. The van der Waals surface area contributed by atoms with Crippen molar-refractivity contribution in [2.75, 3.05) is 5.32 Å². The number of hydrogen-bond acceptors (Lipinski definition) is 2. The Morgan fingerprint density at radius 2 is 2.11 bits per heavy atom. The van der Waals surface area contributed by atoms with Gasteiger partial charge in [-0.05, 0) is 38.3 Å². The van der Waals surface area contributed by atoms with Crippen molar-refractivity contribution in [1.82, 2.24) is 0 Å². The molecule has 1 aromatic rings. The van der Waals surface area contributed by atoms with Gasteiger partial charge in [-0.3, -0.25) is 4.79 Å². The molecular weight excluding hydrogens is 242 g/mol. The van der Waals surface area contributed by atoms with Crippen LogP contribution >= 0.6 is 0 Å². The Balaban J connectivity index is 2.16. The third-order valence-corrected chi connectivity index (χ3v) is 3.30. The predicted molar refractivity (Wildman–Crippen MR) is 73.2 cm³/mol. The molecule has 1 amide bonds. The molecule has 0 fully saturated rings. The summed E-state index contributed by atoms with van der Waals surface area (Å²) in [5.74, 6) is -1.19. The second-order valence-electron chi connectivity index (χ2n) is 4.82. The van der Waals surface area contributed by atoms with Crippen LogP contribution in [0.15, 0.2) is 30.4 Å². The number of allylic oxidation sites excluding steroid dienone is 2. The highest BCUT2D eigenvalue weighted by Gasteiger charge is 2.20. The zero-order valence-corrected chi connectivity index (χ0v) is 10.8. The molecule has 0 saturated carbocycles. The van der Waals surface area contributed by atoms with Crippen molar-refractivity contribution in [3.8, 4) is 0 Å². The Morgan fingerprint density at radius 1 is 1.32 bits per heavy atom. The SMILES string of the molecule is Cc1ccc(NC(=O)C2CC=CCC2)c(C(=O)O)c1. The molecule has 1 aliphatic carbocycles. The monoisotopic (exact) mass is 259 g/mol. The van der Waals surface area contributed by atoms with Gasteiger partial charge in [0.05, 0.1) is 11.3 Å². The lowest BCUT2D eigenvalue weighted by Crippen LogP contribution is -2.24. The summed E-state index contributed by atoms with van der Waals surface area (Å²) in [5, 5.41) is 11.9. The first-order chi connectivity index (χ1) is 9.08. The summed E-state index contributed by atoms with van der Waals surface area (Å²) in [6.07, 6.45) is 6.51. The zero-order valence-electron chi connectivity index (χ0n) is 10.8. The maximum atomic E-state index is 12.1. The number of aryl methyl sites for hydroxylation is 1. The fraction of sp³-hybridized carbons (Fsp3) is 0.333. The summed E-state index contributed by atoms with van der Waals surface area (Å²) in [6.45, 7) is 1.82. The fourth-order valence-corrected chi connectivity index (χ4v) is 2.21. The second kappa shape index (κ2) is 5.69. The summed E-state index contributed by atoms with van der Waals surface area (Å²) in [6, 6.07) is 5.01. The van der Waals surface area contributed by atoms with Gasteiger partial charge in [-0.25, -0.2) is 4.79 Å². The van der Waals surface area contributed by atoms with Crippen molar-refractivity contribution in [2.24, 2.45) is 5.92 Å². The molecule has 0 aromatic heterocycles. The van der Waals surface area contributed by atoms with Crippen LogP contribution in [0.1, 0.15) is 35.2 Å².